The lowest BCUT2D eigenvalue weighted by Crippen LogP contribution is -2.70. The number of carboxylic acid groups (broad SMARTS) is 2. The standard InChI is InChI=1S/C43H72N6O20S/c1-22(52)46-33-26(55)18-43(40(63)64,69-37(33)35(59)27(56)19-50)67-28(20-51)36(60)38-34(47-23(2)53)25(54)17-42(68-38,39(61)62)66-16-10-4-9-15-45-30(57)12-5-3-8-14-44-31(58)13-7-6-11-29-32-24(21-70-29)48-41(65)49-32/h24-29,32-38,50-51,54-56,59-60H,3-21H2,1-2H3,(H,44,58)(H,45,57)(H,46,52)(H,47,53)(H,61,62)(H,63,64)(H2,48,49,65)/t24-,25-,26-,27+,28+,29-,32-,33+,34+,35+,36+,37+,38+,42+,43+/m0/s1. The van der Waals surface area contributed by atoms with E-state index in [4.69, 9.17) is 18.9 Å². The number of thioether (sulfide) groups is 1. The van der Waals surface area contributed by atoms with Crippen molar-refractivity contribution < 1.29 is 98.5 Å². The summed E-state index contributed by atoms with van der Waals surface area (Å²) in [5.41, 5.74) is 0. The fourth-order valence-corrected chi connectivity index (χ4v) is 10.5. The first-order valence-electron chi connectivity index (χ1n) is 23.7. The molecule has 0 aromatic rings. The second kappa shape index (κ2) is 27.7. The summed E-state index contributed by atoms with van der Waals surface area (Å²) in [5, 5.41) is 112. The van der Waals surface area contributed by atoms with Crippen LogP contribution < -0.4 is 31.9 Å². The Morgan fingerprint density at radius 3 is 1.80 bits per heavy atom. The van der Waals surface area contributed by atoms with Gasteiger partial charge >= 0.3 is 18.0 Å². The van der Waals surface area contributed by atoms with Gasteiger partial charge in [-0.1, -0.05) is 12.8 Å². The summed E-state index contributed by atoms with van der Waals surface area (Å²) in [7, 11) is 0. The molecule has 4 rings (SSSR count). The van der Waals surface area contributed by atoms with Gasteiger partial charge in [-0.05, 0) is 44.9 Å². The van der Waals surface area contributed by atoms with Crippen molar-refractivity contribution in [1.29, 1.82) is 0 Å². The van der Waals surface area contributed by atoms with Crippen molar-refractivity contribution >= 4 is 53.4 Å². The average Bonchev–Trinajstić information content (AvgIpc) is 3.86. The highest BCUT2D eigenvalue weighted by Gasteiger charge is 2.60. The number of nitrogens with one attached hydrogen (secondary N) is 6. The van der Waals surface area contributed by atoms with Gasteiger partial charge in [-0.15, -0.1) is 0 Å². The van der Waals surface area contributed by atoms with E-state index >= 15 is 0 Å². The number of carbonyl (C=O) groups excluding carboxylic acids is 5. The first-order chi connectivity index (χ1) is 33.2. The molecule has 0 radical (unpaired) electrons. The van der Waals surface area contributed by atoms with Gasteiger partial charge in [-0.3, -0.25) is 19.2 Å². The van der Waals surface area contributed by atoms with Gasteiger partial charge in [-0.2, -0.15) is 11.8 Å². The monoisotopic (exact) mass is 1020 g/mol. The zero-order valence-electron chi connectivity index (χ0n) is 39.4. The normalized spacial score (nSPS) is 31.2. The lowest BCUT2D eigenvalue weighted by Gasteiger charge is -2.49. The Kier molecular flexibility index (Phi) is 23.2. The van der Waals surface area contributed by atoms with Gasteiger partial charge in [-0.25, -0.2) is 14.4 Å². The Morgan fingerprint density at radius 2 is 1.26 bits per heavy atom. The lowest BCUT2D eigenvalue weighted by atomic mass is 9.87. The van der Waals surface area contributed by atoms with Gasteiger partial charge in [0.2, 0.25) is 23.6 Å². The quantitative estimate of drug-likeness (QED) is 0.0241. The van der Waals surface area contributed by atoms with Crippen LogP contribution in [0.3, 0.4) is 0 Å². The maximum absolute atomic E-state index is 12.8. The zero-order valence-corrected chi connectivity index (χ0v) is 40.2. The van der Waals surface area contributed by atoms with Crippen LogP contribution in [0.1, 0.15) is 97.3 Å². The minimum Gasteiger partial charge on any atom is -0.477 e. The first kappa shape index (κ1) is 58.6. The second-order valence-corrected chi connectivity index (χ2v) is 19.4. The molecule has 4 heterocycles. The van der Waals surface area contributed by atoms with Crippen LogP contribution in [0.2, 0.25) is 0 Å². The van der Waals surface area contributed by atoms with E-state index in [1.807, 2.05) is 11.8 Å². The molecule has 27 heteroatoms. The topological polar surface area (TPSA) is 411 Å². The molecule has 0 spiro atoms. The number of hydrogen-bond donors (Lipinski definition) is 15. The maximum Gasteiger partial charge on any atom is 0.364 e. The van der Waals surface area contributed by atoms with Crippen molar-refractivity contribution in [2.45, 2.75) is 187 Å². The molecule has 0 aromatic heterocycles. The van der Waals surface area contributed by atoms with E-state index in [9.17, 15) is 79.5 Å². The smallest absolute Gasteiger partial charge is 0.364 e. The number of hydrogen-bond acceptors (Lipinski definition) is 19. The molecule has 0 aromatic carbocycles. The third-order valence-electron chi connectivity index (χ3n) is 12.7. The van der Waals surface area contributed by atoms with Crippen LogP contribution in [0.4, 0.5) is 4.79 Å². The van der Waals surface area contributed by atoms with Crippen LogP contribution in [-0.4, -0.2) is 216 Å². The lowest BCUT2D eigenvalue weighted by molar-refractivity contribution is -0.345. The molecule has 0 unspecified atom stereocenters. The zero-order chi connectivity index (χ0) is 51.8. The van der Waals surface area contributed by atoms with Crippen molar-refractivity contribution in [3.63, 3.8) is 0 Å². The van der Waals surface area contributed by atoms with E-state index in [0.29, 0.717) is 50.4 Å². The minimum absolute atomic E-state index is 0.0165. The Labute approximate surface area is 408 Å². The Hall–Kier alpha value is -4.00. The third kappa shape index (κ3) is 16.3. The molecule has 0 bridgehead atoms. The van der Waals surface area contributed by atoms with Gasteiger partial charge in [0.15, 0.2) is 0 Å². The molecule has 0 aliphatic carbocycles. The van der Waals surface area contributed by atoms with Gasteiger partial charge in [0, 0.05) is 63.6 Å². The highest BCUT2D eigenvalue weighted by Crippen LogP contribution is 2.38. The number of amides is 6. The highest BCUT2D eigenvalue weighted by atomic mass is 32.2. The second-order valence-electron chi connectivity index (χ2n) is 18.1. The largest absolute Gasteiger partial charge is 0.477 e. The minimum atomic E-state index is -3.07. The predicted octanol–water partition coefficient (Wildman–Crippen LogP) is -3.98. The van der Waals surface area contributed by atoms with Crippen molar-refractivity contribution in [2.75, 3.05) is 38.7 Å². The number of unbranched alkanes of at least 4 members (excludes halogenated alkanes) is 5. The van der Waals surface area contributed by atoms with Gasteiger partial charge in [0.1, 0.15) is 36.6 Å². The summed E-state index contributed by atoms with van der Waals surface area (Å²) in [6, 6.07) is -2.97. The van der Waals surface area contributed by atoms with Crippen LogP contribution in [0.25, 0.3) is 0 Å². The molecule has 4 aliphatic heterocycles. The molecule has 4 aliphatic rings. The number of ether oxygens (including phenoxy) is 4. The summed E-state index contributed by atoms with van der Waals surface area (Å²) >= 11 is 1.85. The SMILES string of the molecule is CC(=O)N[C@H]1[C@H]([C@H](O)[C@H](O)CO)O[C@@](O[C@H](CO)[C@@H](O)[C@@H]2O[C@@](OCCCCCNC(=O)CCCCCNC(=O)CCCC[C@@H]3SC[C@@H]4NC(=O)N[C@@H]43)(C(=O)O)C[C@H](O)[C@H]2NC(C)=O)(C(=O)O)C[C@@H]1O. The Morgan fingerprint density at radius 1 is 0.729 bits per heavy atom. The number of urea groups is 1. The Balaban J connectivity index is 1.22. The van der Waals surface area contributed by atoms with Crippen LogP contribution in [0.15, 0.2) is 0 Å². The number of rotatable bonds is 30. The molecule has 400 valence electrons. The van der Waals surface area contributed by atoms with Crippen molar-refractivity contribution in [2.24, 2.45) is 0 Å². The van der Waals surface area contributed by atoms with Crippen molar-refractivity contribution in [3.8, 4) is 0 Å². The maximum atomic E-state index is 12.8. The highest BCUT2D eigenvalue weighted by molar-refractivity contribution is 8.00. The fraction of sp³-hybridized carbons (Fsp3) is 0.837. The molecular weight excluding hydrogens is 953 g/mol. The van der Waals surface area contributed by atoms with Crippen LogP contribution in [-0.2, 0) is 47.7 Å². The molecule has 15 atom stereocenters. The third-order valence-corrected chi connectivity index (χ3v) is 14.2. The van der Waals surface area contributed by atoms with E-state index in [2.05, 4.69) is 31.9 Å². The van der Waals surface area contributed by atoms with E-state index in [0.717, 1.165) is 45.3 Å². The average molecular weight is 1030 g/mol. The van der Waals surface area contributed by atoms with Crippen LogP contribution >= 0.6 is 11.8 Å². The number of aliphatic hydroxyl groups is 7. The van der Waals surface area contributed by atoms with Gasteiger partial charge in [0.25, 0.3) is 11.6 Å². The van der Waals surface area contributed by atoms with Gasteiger partial charge < -0.3 is 96.8 Å². The van der Waals surface area contributed by atoms with E-state index in [1.54, 1.807) is 0 Å². The van der Waals surface area contributed by atoms with E-state index < -0.39 is 122 Å². The molecule has 4 saturated heterocycles. The van der Waals surface area contributed by atoms with Gasteiger partial charge in [0.05, 0.1) is 56.2 Å². The first-order valence-corrected chi connectivity index (χ1v) is 24.7. The van der Waals surface area contributed by atoms with Crippen LogP contribution in [0, 0.1) is 0 Å². The van der Waals surface area contributed by atoms with E-state index in [1.165, 1.54) is 0 Å². The molecule has 6 amide bonds. The number of carboxylic acids is 2. The fourth-order valence-electron chi connectivity index (χ4n) is 9.00. The summed E-state index contributed by atoms with van der Waals surface area (Å²) in [5.74, 6) is -10.3. The molecule has 70 heavy (non-hydrogen) atoms. The van der Waals surface area contributed by atoms with Crippen molar-refractivity contribution in [3.05, 3.63) is 0 Å². The summed E-state index contributed by atoms with van der Waals surface area (Å²) in [4.78, 5) is 85.9. The number of carbonyl (C=O) groups is 7. The molecule has 15 N–H and O–H groups in total. The van der Waals surface area contributed by atoms with Crippen LogP contribution in [0.5, 0.6) is 0 Å². The number of aliphatic hydroxyl groups excluding tert-OH is 7. The van der Waals surface area contributed by atoms with E-state index in [-0.39, 0.29) is 49.4 Å². The number of fused-ring (bicyclic) bond motifs is 1. The summed E-state index contributed by atoms with van der Waals surface area (Å²) in [6.45, 7) is 0.286. The van der Waals surface area contributed by atoms with Crippen molar-refractivity contribution in [1.82, 2.24) is 31.9 Å². The molecule has 4 fully saturated rings. The number of aliphatic carboxylic acids is 2. The predicted molar refractivity (Wildman–Crippen MR) is 242 cm³/mol. The summed E-state index contributed by atoms with van der Waals surface area (Å²) < 4.78 is 22.7. The summed E-state index contributed by atoms with van der Waals surface area (Å²) in [6.07, 6.45) is -11.6. The molecule has 0 saturated carbocycles. The molecule has 26 nitrogen and oxygen atoms in total. The molecular formula is C43H72N6O20S. The Bertz CT molecular complexity index is 1770.